The average molecular weight is 219 g/mol. The Labute approximate surface area is 95.7 Å². The lowest BCUT2D eigenvalue weighted by Gasteiger charge is -2.33. The van der Waals surface area contributed by atoms with E-state index in [9.17, 15) is 4.79 Å². The smallest absolute Gasteiger partial charge is 0.225 e. The van der Waals surface area contributed by atoms with Crippen molar-refractivity contribution >= 4 is 11.7 Å². The summed E-state index contributed by atoms with van der Waals surface area (Å²) in [6.45, 7) is 3.55. The van der Waals surface area contributed by atoms with Crippen LogP contribution in [0.3, 0.4) is 0 Å². The summed E-state index contributed by atoms with van der Waals surface area (Å²) in [5.74, 6) is 0.840. The van der Waals surface area contributed by atoms with Crippen molar-refractivity contribution in [3.8, 4) is 0 Å². The van der Waals surface area contributed by atoms with E-state index >= 15 is 0 Å². The number of nitrogens with zero attached hydrogens (tertiary/aromatic N) is 2. The van der Waals surface area contributed by atoms with Crippen LogP contribution in [0.2, 0.25) is 0 Å². The highest BCUT2D eigenvalue weighted by Crippen LogP contribution is 2.19. The van der Waals surface area contributed by atoms with E-state index in [-0.39, 0.29) is 11.9 Å². The number of anilines is 1. The normalized spacial score (nSPS) is 17.1. The molecule has 0 spiro atoms. The number of pyridine rings is 1. The number of nitrogens with one attached hydrogen (secondary N) is 1. The number of hydrogen-bond acceptors (Lipinski definition) is 3. The minimum atomic E-state index is 0.0746. The first kappa shape index (κ1) is 11.1. The van der Waals surface area contributed by atoms with Crippen LogP contribution in [0.5, 0.6) is 0 Å². The Balaban J connectivity index is 2.20. The summed E-state index contributed by atoms with van der Waals surface area (Å²) >= 11 is 0. The minimum Gasteiger partial charge on any atom is -0.317 e. The first-order valence-electron chi connectivity index (χ1n) is 5.70. The number of carbonyl (C=O) groups is 1. The molecule has 0 aromatic carbocycles. The molecular weight excluding hydrogens is 202 g/mol. The van der Waals surface area contributed by atoms with Crippen molar-refractivity contribution in [2.75, 3.05) is 18.0 Å². The Morgan fingerprint density at radius 3 is 2.75 bits per heavy atom. The van der Waals surface area contributed by atoms with Crippen LogP contribution in [0.4, 0.5) is 5.82 Å². The number of piperidine rings is 1. The highest BCUT2D eigenvalue weighted by atomic mass is 16.2. The highest BCUT2D eigenvalue weighted by Gasteiger charge is 2.24. The molecule has 1 aromatic heterocycles. The summed E-state index contributed by atoms with van der Waals surface area (Å²) in [4.78, 5) is 17.8. The molecule has 0 atom stereocenters. The third-order valence-electron chi connectivity index (χ3n) is 2.91. The van der Waals surface area contributed by atoms with Crippen LogP contribution in [0.25, 0.3) is 0 Å². The van der Waals surface area contributed by atoms with Crippen LogP contribution in [-0.4, -0.2) is 30.0 Å². The van der Waals surface area contributed by atoms with Crippen molar-refractivity contribution in [2.45, 2.75) is 25.8 Å². The van der Waals surface area contributed by atoms with Gasteiger partial charge in [0.25, 0.3) is 0 Å². The summed E-state index contributed by atoms with van der Waals surface area (Å²) in [7, 11) is 0. The number of rotatable bonds is 2. The largest absolute Gasteiger partial charge is 0.317 e. The van der Waals surface area contributed by atoms with E-state index in [1.165, 1.54) is 0 Å². The van der Waals surface area contributed by atoms with E-state index in [4.69, 9.17) is 0 Å². The van der Waals surface area contributed by atoms with Gasteiger partial charge in [0.15, 0.2) is 0 Å². The van der Waals surface area contributed by atoms with Crippen molar-refractivity contribution in [2.24, 2.45) is 0 Å². The summed E-state index contributed by atoms with van der Waals surface area (Å²) in [5.41, 5.74) is 0. The van der Waals surface area contributed by atoms with E-state index in [0.717, 1.165) is 31.7 Å². The second-order valence-corrected chi connectivity index (χ2v) is 4.06. The molecule has 2 rings (SSSR count). The van der Waals surface area contributed by atoms with Crippen molar-refractivity contribution in [3.05, 3.63) is 24.4 Å². The molecule has 1 fully saturated rings. The van der Waals surface area contributed by atoms with E-state index in [1.54, 1.807) is 13.1 Å². The van der Waals surface area contributed by atoms with Crippen molar-refractivity contribution in [1.29, 1.82) is 0 Å². The SMILES string of the molecule is CC(=O)N(c1ccccn1)C1CCNCC1. The van der Waals surface area contributed by atoms with Gasteiger partial charge in [-0.1, -0.05) is 6.07 Å². The third kappa shape index (κ3) is 2.39. The van der Waals surface area contributed by atoms with Gasteiger partial charge in [0, 0.05) is 19.2 Å². The van der Waals surface area contributed by atoms with Crippen LogP contribution in [0.15, 0.2) is 24.4 Å². The van der Waals surface area contributed by atoms with Gasteiger partial charge in [-0.25, -0.2) is 4.98 Å². The van der Waals surface area contributed by atoms with E-state index in [2.05, 4.69) is 10.3 Å². The maximum Gasteiger partial charge on any atom is 0.225 e. The first-order chi connectivity index (χ1) is 7.79. The Morgan fingerprint density at radius 1 is 1.44 bits per heavy atom. The standard InChI is InChI=1S/C12H17N3O/c1-10(16)15(11-5-8-13-9-6-11)12-4-2-3-7-14-12/h2-4,7,11,13H,5-6,8-9H2,1H3. The molecule has 4 nitrogen and oxygen atoms in total. The fourth-order valence-electron chi connectivity index (χ4n) is 2.17. The summed E-state index contributed by atoms with van der Waals surface area (Å²) < 4.78 is 0. The molecule has 1 aliphatic heterocycles. The molecule has 1 amide bonds. The van der Waals surface area contributed by atoms with Gasteiger partial charge in [0.05, 0.1) is 0 Å². The maximum absolute atomic E-state index is 11.7. The predicted octanol–water partition coefficient (Wildman–Crippen LogP) is 1.19. The fraction of sp³-hybridized carbons (Fsp3) is 0.500. The molecule has 0 unspecified atom stereocenters. The lowest BCUT2D eigenvalue weighted by molar-refractivity contribution is -0.117. The Hall–Kier alpha value is -1.42. The van der Waals surface area contributed by atoms with Crippen LogP contribution >= 0.6 is 0 Å². The van der Waals surface area contributed by atoms with Gasteiger partial charge in [0.1, 0.15) is 5.82 Å². The van der Waals surface area contributed by atoms with Gasteiger partial charge in [-0.3, -0.25) is 9.69 Å². The molecular formula is C12H17N3O. The lowest BCUT2D eigenvalue weighted by Crippen LogP contribution is -2.45. The lowest BCUT2D eigenvalue weighted by atomic mass is 10.0. The molecule has 1 aliphatic rings. The summed E-state index contributed by atoms with van der Waals surface area (Å²) in [6.07, 6.45) is 3.72. The van der Waals surface area contributed by atoms with Crippen molar-refractivity contribution in [1.82, 2.24) is 10.3 Å². The van der Waals surface area contributed by atoms with Gasteiger partial charge < -0.3 is 5.32 Å². The van der Waals surface area contributed by atoms with Crippen LogP contribution in [0.1, 0.15) is 19.8 Å². The summed E-state index contributed by atoms with van der Waals surface area (Å²) in [5, 5.41) is 3.30. The molecule has 2 heterocycles. The van der Waals surface area contributed by atoms with Gasteiger partial charge in [-0.2, -0.15) is 0 Å². The van der Waals surface area contributed by atoms with E-state index in [1.807, 2.05) is 23.1 Å². The molecule has 16 heavy (non-hydrogen) atoms. The zero-order valence-electron chi connectivity index (χ0n) is 9.52. The van der Waals surface area contributed by atoms with Gasteiger partial charge in [-0.15, -0.1) is 0 Å². The Kier molecular flexibility index (Phi) is 3.51. The number of aromatic nitrogens is 1. The van der Waals surface area contributed by atoms with Crippen molar-refractivity contribution < 1.29 is 4.79 Å². The van der Waals surface area contributed by atoms with Gasteiger partial charge in [0.2, 0.25) is 5.91 Å². The molecule has 1 saturated heterocycles. The zero-order valence-corrected chi connectivity index (χ0v) is 9.52. The van der Waals surface area contributed by atoms with Crippen LogP contribution in [0, 0.1) is 0 Å². The highest BCUT2D eigenvalue weighted by molar-refractivity contribution is 5.91. The van der Waals surface area contributed by atoms with Crippen molar-refractivity contribution in [3.63, 3.8) is 0 Å². The molecule has 0 aliphatic carbocycles. The molecule has 4 heteroatoms. The summed E-state index contributed by atoms with van der Waals surface area (Å²) in [6, 6.07) is 5.96. The van der Waals surface area contributed by atoms with E-state index < -0.39 is 0 Å². The van der Waals surface area contributed by atoms with Gasteiger partial charge in [-0.05, 0) is 38.1 Å². The molecule has 0 radical (unpaired) electrons. The number of carbonyl (C=O) groups excluding carboxylic acids is 1. The topological polar surface area (TPSA) is 45.2 Å². The number of hydrogen-bond donors (Lipinski definition) is 1. The first-order valence-corrected chi connectivity index (χ1v) is 5.70. The van der Waals surface area contributed by atoms with Crippen LogP contribution in [-0.2, 0) is 4.79 Å². The second-order valence-electron chi connectivity index (χ2n) is 4.06. The molecule has 86 valence electrons. The van der Waals surface area contributed by atoms with E-state index in [0.29, 0.717) is 0 Å². The average Bonchev–Trinajstić information content (AvgIpc) is 2.31. The second kappa shape index (κ2) is 5.07. The molecule has 1 N–H and O–H groups in total. The van der Waals surface area contributed by atoms with Crippen LogP contribution < -0.4 is 10.2 Å². The molecule has 0 saturated carbocycles. The minimum absolute atomic E-state index is 0.0746. The number of amides is 1. The van der Waals surface area contributed by atoms with Gasteiger partial charge >= 0.3 is 0 Å². The Bertz CT molecular complexity index is 347. The molecule has 1 aromatic rings. The molecule has 0 bridgehead atoms. The monoisotopic (exact) mass is 219 g/mol. The third-order valence-corrected chi connectivity index (χ3v) is 2.91. The quantitative estimate of drug-likeness (QED) is 0.812. The Morgan fingerprint density at radius 2 is 2.19 bits per heavy atom. The predicted molar refractivity (Wildman–Crippen MR) is 63.3 cm³/mol. The fourth-order valence-corrected chi connectivity index (χ4v) is 2.17. The zero-order chi connectivity index (χ0) is 11.4. The maximum atomic E-state index is 11.7.